The first-order valence-electron chi connectivity index (χ1n) is 9.74. The SMILES string of the molecule is CC(C)c1ccc(NS(=O)(=O)c2ccc3onc(C(=O)N4CCOCC4)c3c2)cc1. The average molecular weight is 429 g/mol. The summed E-state index contributed by atoms with van der Waals surface area (Å²) in [5.74, 6) is 0.0536. The highest BCUT2D eigenvalue weighted by atomic mass is 32.2. The third-order valence-corrected chi connectivity index (χ3v) is 6.46. The number of benzene rings is 2. The zero-order valence-corrected chi connectivity index (χ0v) is 17.6. The summed E-state index contributed by atoms with van der Waals surface area (Å²) in [4.78, 5) is 14.4. The van der Waals surface area contributed by atoms with Gasteiger partial charge < -0.3 is 14.2 Å². The fraction of sp³-hybridized carbons (Fsp3) is 0.333. The van der Waals surface area contributed by atoms with Gasteiger partial charge in [0.15, 0.2) is 11.3 Å². The highest BCUT2D eigenvalue weighted by Gasteiger charge is 2.25. The number of sulfonamides is 1. The molecule has 1 aliphatic heterocycles. The number of ether oxygens (including phenoxy) is 1. The molecule has 9 heteroatoms. The molecule has 0 atom stereocenters. The van der Waals surface area contributed by atoms with Crippen molar-refractivity contribution in [2.75, 3.05) is 31.0 Å². The third-order valence-electron chi connectivity index (χ3n) is 5.08. The van der Waals surface area contributed by atoms with Gasteiger partial charge in [-0.3, -0.25) is 9.52 Å². The fourth-order valence-corrected chi connectivity index (χ4v) is 4.39. The molecule has 0 bridgehead atoms. The molecule has 30 heavy (non-hydrogen) atoms. The van der Waals surface area contributed by atoms with Gasteiger partial charge in [-0.1, -0.05) is 31.1 Å². The molecule has 4 rings (SSSR count). The van der Waals surface area contributed by atoms with E-state index in [0.717, 1.165) is 5.56 Å². The van der Waals surface area contributed by atoms with Crippen molar-refractivity contribution in [1.29, 1.82) is 0 Å². The lowest BCUT2D eigenvalue weighted by Crippen LogP contribution is -2.40. The van der Waals surface area contributed by atoms with Gasteiger partial charge in [-0.25, -0.2) is 8.42 Å². The van der Waals surface area contributed by atoms with Crippen LogP contribution in [0.25, 0.3) is 11.0 Å². The normalized spacial score (nSPS) is 15.0. The van der Waals surface area contributed by atoms with Gasteiger partial charge in [-0.2, -0.15) is 0 Å². The monoisotopic (exact) mass is 429 g/mol. The molecule has 2 aromatic carbocycles. The van der Waals surface area contributed by atoms with Crippen molar-refractivity contribution < 1.29 is 22.5 Å². The van der Waals surface area contributed by atoms with E-state index in [1.807, 2.05) is 12.1 Å². The lowest BCUT2D eigenvalue weighted by atomic mass is 10.0. The first-order chi connectivity index (χ1) is 14.3. The van der Waals surface area contributed by atoms with E-state index in [1.54, 1.807) is 17.0 Å². The number of nitrogens with one attached hydrogen (secondary N) is 1. The molecule has 0 radical (unpaired) electrons. The van der Waals surface area contributed by atoms with E-state index in [2.05, 4.69) is 23.7 Å². The number of carbonyl (C=O) groups excluding carboxylic acids is 1. The van der Waals surface area contributed by atoms with Crippen molar-refractivity contribution >= 4 is 32.6 Å². The summed E-state index contributed by atoms with van der Waals surface area (Å²) in [7, 11) is -3.85. The van der Waals surface area contributed by atoms with Crippen LogP contribution in [-0.2, 0) is 14.8 Å². The van der Waals surface area contributed by atoms with Crippen LogP contribution in [-0.4, -0.2) is 50.7 Å². The molecule has 2 heterocycles. The van der Waals surface area contributed by atoms with E-state index < -0.39 is 10.0 Å². The van der Waals surface area contributed by atoms with Gasteiger partial charge in [-0.05, 0) is 41.8 Å². The molecule has 8 nitrogen and oxygen atoms in total. The molecular formula is C21H23N3O5S. The van der Waals surface area contributed by atoms with Crippen molar-refractivity contribution in [1.82, 2.24) is 10.1 Å². The number of carbonyl (C=O) groups is 1. The zero-order valence-electron chi connectivity index (χ0n) is 16.8. The number of hydrogen-bond donors (Lipinski definition) is 1. The number of amides is 1. The summed E-state index contributed by atoms with van der Waals surface area (Å²) in [6, 6.07) is 11.6. The largest absolute Gasteiger partial charge is 0.378 e. The third kappa shape index (κ3) is 4.03. The maximum absolute atomic E-state index is 12.9. The predicted octanol–water partition coefficient (Wildman–Crippen LogP) is 3.22. The Kier molecular flexibility index (Phi) is 5.48. The summed E-state index contributed by atoms with van der Waals surface area (Å²) in [5.41, 5.74) is 2.04. The maximum atomic E-state index is 12.9. The molecule has 1 amide bonds. The number of hydrogen-bond acceptors (Lipinski definition) is 6. The van der Waals surface area contributed by atoms with Gasteiger partial charge in [0, 0.05) is 18.8 Å². The second kappa shape index (κ2) is 8.08. The lowest BCUT2D eigenvalue weighted by Gasteiger charge is -2.25. The van der Waals surface area contributed by atoms with E-state index >= 15 is 0 Å². The number of fused-ring (bicyclic) bond motifs is 1. The Balaban J connectivity index is 1.62. The van der Waals surface area contributed by atoms with Crippen molar-refractivity contribution in [2.24, 2.45) is 0 Å². The van der Waals surface area contributed by atoms with Crippen molar-refractivity contribution in [3.63, 3.8) is 0 Å². The molecule has 0 aliphatic carbocycles. The van der Waals surface area contributed by atoms with Crippen LogP contribution >= 0.6 is 0 Å². The molecule has 0 spiro atoms. The standard InChI is InChI=1S/C21H23N3O5S/c1-14(2)15-3-5-16(6-4-15)23-30(26,27)17-7-8-19-18(13-17)20(22-29-19)21(25)24-9-11-28-12-10-24/h3-8,13-14,23H,9-12H2,1-2H3. The van der Waals surface area contributed by atoms with Gasteiger partial charge >= 0.3 is 0 Å². The molecule has 3 aromatic rings. The second-order valence-electron chi connectivity index (χ2n) is 7.48. The Labute approximate surface area is 174 Å². The average Bonchev–Trinajstić information content (AvgIpc) is 3.17. The number of rotatable bonds is 5. The molecule has 0 unspecified atom stereocenters. The van der Waals surface area contributed by atoms with Gasteiger partial charge in [0.05, 0.1) is 23.5 Å². The first kappa shape index (κ1) is 20.4. The fourth-order valence-electron chi connectivity index (χ4n) is 3.31. The Morgan fingerprint density at radius 3 is 2.47 bits per heavy atom. The highest BCUT2D eigenvalue weighted by Crippen LogP contribution is 2.26. The molecular weight excluding hydrogens is 406 g/mol. The minimum atomic E-state index is -3.85. The van der Waals surface area contributed by atoms with Crippen LogP contribution in [0.5, 0.6) is 0 Å². The molecule has 1 fully saturated rings. The van der Waals surface area contributed by atoms with Crippen molar-refractivity contribution in [3.8, 4) is 0 Å². The maximum Gasteiger partial charge on any atom is 0.276 e. The molecule has 0 saturated carbocycles. The van der Waals surface area contributed by atoms with E-state index in [1.165, 1.54) is 18.2 Å². The van der Waals surface area contributed by atoms with Gasteiger partial charge in [-0.15, -0.1) is 0 Å². The van der Waals surface area contributed by atoms with Crippen LogP contribution in [0.15, 0.2) is 51.9 Å². The number of aromatic nitrogens is 1. The van der Waals surface area contributed by atoms with Crippen LogP contribution in [0.3, 0.4) is 0 Å². The molecule has 1 aromatic heterocycles. The summed E-state index contributed by atoms with van der Waals surface area (Å²) < 4.78 is 38.9. The smallest absolute Gasteiger partial charge is 0.276 e. The van der Waals surface area contributed by atoms with Gasteiger partial charge in [0.1, 0.15) is 0 Å². The number of nitrogens with zero attached hydrogens (tertiary/aromatic N) is 2. The van der Waals surface area contributed by atoms with E-state index in [0.29, 0.717) is 48.9 Å². The Hall–Kier alpha value is -2.91. The van der Waals surface area contributed by atoms with Crippen molar-refractivity contribution in [3.05, 3.63) is 53.7 Å². The highest BCUT2D eigenvalue weighted by molar-refractivity contribution is 7.92. The zero-order chi connectivity index (χ0) is 21.3. The molecule has 1 N–H and O–H groups in total. The molecule has 1 saturated heterocycles. The topological polar surface area (TPSA) is 102 Å². The Morgan fingerprint density at radius 2 is 1.80 bits per heavy atom. The first-order valence-corrected chi connectivity index (χ1v) is 11.2. The van der Waals surface area contributed by atoms with E-state index in [-0.39, 0.29) is 16.5 Å². The number of morpholine rings is 1. The number of anilines is 1. The van der Waals surface area contributed by atoms with Crippen LogP contribution in [0.1, 0.15) is 35.8 Å². The molecule has 1 aliphatic rings. The van der Waals surface area contributed by atoms with Gasteiger partial charge in [0.2, 0.25) is 0 Å². The minimum Gasteiger partial charge on any atom is -0.378 e. The Morgan fingerprint density at radius 1 is 1.10 bits per heavy atom. The quantitative estimate of drug-likeness (QED) is 0.668. The van der Waals surface area contributed by atoms with Crippen molar-refractivity contribution in [2.45, 2.75) is 24.7 Å². The van der Waals surface area contributed by atoms with E-state index in [4.69, 9.17) is 9.26 Å². The summed E-state index contributed by atoms with van der Waals surface area (Å²) >= 11 is 0. The van der Waals surface area contributed by atoms with Crippen LogP contribution in [0.4, 0.5) is 5.69 Å². The molecule has 158 valence electrons. The minimum absolute atomic E-state index is 0.0298. The Bertz CT molecular complexity index is 1160. The summed E-state index contributed by atoms with van der Waals surface area (Å²) in [5, 5.41) is 4.25. The summed E-state index contributed by atoms with van der Waals surface area (Å²) in [6.45, 7) is 5.98. The van der Waals surface area contributed by atoms with Crippen LogP contribution in [0, 0.1) is 0 Å². The summed E-state index contributed by atoms with van der Waals surface area (Å²) in [6.07, 6.45) is 0. The van der Waals surface area contributed by atoms with Crippen LogP contribution in [0.2, 0.25) is 0 Å². The predicted molar refractivity (Wildman–Crippen MR) is 112 cm³/mol. The van der Waals surface area contributed by atoms with Crippen LogP contribution < -0.4 is 4.72 Å². The van der Waals surface area contributed by atoms with E-state index in [9.17, 15) is 13.2 Å². The lowest BCUT2D eigenvalue weighted by molar-refractivity contribution is 0.0297. The second-order valence-corrected chi connectivity index (χ2v) is 9.16. The van der Waals surface area contributed by atoms with Gasteiger partial charge in [0.25, 0.3) is 15.9 Å².